The quantitative estimate of drug-likeness (QED) is 0.575. The second-order valence-corrected chi connectivity index (χ2v) is 11.6. The lowest BCUT2D eigenvalue weighted by Crippen LogP contribution is -2.65. The number of likely N-dealkylation sites (tertiary alicyclic amines) is 1. The summed E-state index contributed by atoms with van der Waals surface area (Å²) in [5.74, 6) is -0.0722. The number of carbonyl (C=O) groups is 3. The first-order chi connectivity index (χ1) is 17.3. The van der Waals surface area contributed by atoms with Crippen molar-refractivity contribution in [2.75, 3.05) is 46.8 Å². The van der Waals surface area contributed by atoms with E-state index in [9.17, 15) is 19.5 Å². The van der Waals surface area contributed by atoms with Crippen LogP contribution in [-0.2, 0) is 16.1 Å². The molecular weight excluding hydrogens is 478 g/mol. The molecule has 0 unspecified atom stereocenters. The fraction of sp³-hybridized carbons (Fsp3) is 0.731. The van der Waals surface area contributed by atoms with Gasteiger partial charge in [-0.3, -0.25) is 14.5 Å². The number of piperidine rings is 1. The van der Waals surface area contributed by atoms with Crippen molar-refractivity contribution in [3.05, 3.63) is 22.4 Å². The van der Waals surface area contributed by atoms with Gasteiger partial charge in [0.05, 0.1) is 19.1 Å². The monoisotopic (exact) mass is 519 g/mol. The van der Waals surface area contributed by atoms with E-state index in [0.29, 0.717) is 12.6 Å². The van der Waals surface area contributed by atoms with Gasteiger partial charge >= 0.3 is 6.09 Å². The van der Waals surface area contributed by atoms with Gasteiger partial charge in [0.1, 0.15) is 6.04 Å². The van der Waals surface area contributed by atoms with E-state index >= 15 is 0 Å². The maximum absolute atomic E-state index is 14.3. The summed E-state index contributed by atoms with van der Waals surface area (Å²) in [4.78, 5) is 48.0. The topological polar surface area (TPSA) is 96.4 Å². The number of likely N-dealkylation sites (N-methyl/N-ethyl adjacent to an activating group) is 1. The lowest BCUT2D eigenvalue weighted by Gasteiger charge is -2.47. The van der Waals surface area contributed by atoms with Crippen molar-refractivity contribution >= 4 is 29.2 Å². The predicted molar refractivity (Wildman–Crippen MR) is 140 cm³/mol. The molecule has 0 bridgehead atoms. The highest BCUT2D eigenvalue weighted by Crippen LogP contribution is 2.31. The van der Waals surface area contributed by atoms with Crippen LogP contribution in [0.5, 0.6) is 0 Å². The molecule has 3 heterocycles. The Morgan fingerprint density at radius 2 is 1.83 bits per heavy atom. The van der Waals surface area contributed by atoms with E-state index in [1.54, 1.807) is 16.2 Å². The van der Waals surface area contributed by atoms with Gasteiger partial charge in [-0.1, -0.05) is 25.3 Å². The van der Waals surface area contributed by atoms with E-state index in [-0.39, 0.29) is 43.4 Å². The molecule has 3 fully saturated rings. The summed E-state index contributed by atoms with van der Waals surface area (Å²) < 4.78 is 0. The Bertz CT molecular complexity index is 883. The maximum atomic E-state index is 14.3. The number of carboxylic acid groups (broad SMARTS) is 1. The third kappa shape index (κ3) is 6.39. The smallest absolute Gasteiger partial charge is 0.407 e. The van der Waals surface area contributed by atoms with E-state index in [4.69, 9.17) is 0 Å². The Balaban J connectivity index is 1.55. The van der Waals surface area contributed by atoms with Crippen molar-refractivity contribution in [2.24, 2.45) is 5.92 Å². The van der Waals surface area contributed by atoms with Crippen LogP contribution in [0.15, 0.2) is 17.5 Å². The molecule has 1 aromatic heterocycles. The molecule has 10 heteroatoms. The predicted octanol–water partition coefficient (Wildman–Crippen LogP) is 2.53. The number of hydrogen-bond donors (Lipinski definition) is 2. The lowest BCUT2D eigenvalue weighted by molar-refractivity contribution is -0.150. The van der Waals surface area contributed by atoms with Crippen LogP contribution in [0.1, 0.15) is 49.8 Å². The number of hydrogen-bond acceptors (Lipinski definition) is 6. The van der Waals surface area contributed by atoms with Crippen LogP contribution in [0, 0.1) is 5.92 Å². The average molecular weight is 520 g/mol. The van der Waals surface area contributed by atoms with Crippen LogP contribution in [0.25, 0.3) is 0 Å². The first kappa shape index (κ1) is 26.9. The average Bonchev–Trinajstić information content (AvgIpc) is 3.42. The number of nitrogens with zero attached hydrogens (tertiary/aromatic N) is 4. The summed E-state index contributed by atoms with van der Waals surface area (Å²) in [6.45, 7) is 2.77. The van der Waals surface area contributed by atoms with Gasteiger partial charge in [0.25, 0.3) is 0 Å². The first-order valence-corrected chi connectivity index (χ1v) is 14.2. The molecule has 2 aliphatic heterocycles. The summed E-state index contributed by atoms with van der Waals surface area (Å²) in [6, 6.07) is 3.15. The van der Waals surface area contributed by atoms with E-state index in [1.165, 1.54) is 24.2 Å². The third-order valence-corrected chi connectivity index (χ3v) is 9.18. The van der Waals surface area contributed by atoms with E-state index in [2.05, 4.69) is 29.2 Å². The van der Waals surface area contributed by atoms with Crippen LogP contribution in [0.2, 0.25) is 0 Å². The van der Waals surface area contributed by atoms with Crippen LogP contribution < -0.4 is 5.32 Å². The normalized spacial score (nSPS) is 23.6. The number of thiophene rings is 1. The molecule has 200 valence electrons. The Morgan fingerprint density at radius 3 is 2.47 bits per heavy atom. The fourth-order valence-electron chi connectivity index (χ4n) is 6.09. The molecule has 0 radical (unpaired) electrons. The highest BCUT2D eigenvalue weighted by atomic mass is 32.1. The fourth-order valence-corrected chi connectivity index (χ4v) is 6.73. The number of piperazine rings is 1. The highest BCUT2D eigenvalue weighted by Gasteiger charge is 2.44. The molecule has 3 aliphatic rings. The number of amides is 3. The largest absolute Gasteiger partial charge is 0.465 e. The van der Waals surface area contributed by atoms with Crippen molar-refractivity contribution < 1.29 is 19.5 Å². The molecule has 1 aliphatic carbocycles. The SMILES string of the molecule is CN1CCC([C@H](C(=O)N2CCN(C(=O)O)C[C@H]2C(=O)NCc2cccs2)N(C)C2CCCCC2)CC1. The van der Waals surface area contributed by atoms with Gasteiger partial charge in [-0.25, -0.2) is 4.79 Å². The number of nitrogens with one attached hydrogen (secondary N) is 1. The summed E-state index contributed by atoms with van der Waals surface area (Å²) in [5.41, 5.74) is 0. The zero-order chi connectivity index (χ0) is 25.7. The molecule has 4 rings (SSSR count). The zero-order valence-corrected chi connectivity index (χ0v) is 22.4. The Labute approximate surface area is 218 Å². The molecule has 2 N–H and O–H groups in total. The lowest BCUT2D eigenvalue weighted by atomic mass is 9.84. The molecule has 9 nitrogen and oxygen atoms in total. The van der Waals surface area contributed by atoms with Gasteiger partial charge in [-0.15, -0.1) is 11.3 Å². The molecule has 2 atom stereocenters. The van der Waals surface area contributed by atoms with E-state index in [0.717, 1.165) is 43.6 Å². The molecule has 36 heavy (non-hydrogen) atoms. The minimum Gasteiger partial charge on any atom is -0.465 e. The van der Waals surface area contributed by atoms with Gasteiger partial charge in [0, 0.05) is 24.0 Å². The highest BCUT2D eigenvalue weighted by molar-refractivity contribution is 7.09. The third-order valence-electron chi connectivity index (χ3n) is 8.31. The second-order valence-electron chi connectivity index (χ2n) is 10.6. The molecule has 1 saturated carbocycles. The van der Waals surface area contributed by atoms with Crippen LogP contribution in [-0.4, -0.2) is 108 Å². The molecular formula is C26H41N5O4S. The minimum absolute atomic E-state index is 0.00458. The number of rotatable bonds is 7. The zero-order valence-electron chi connectivity index (χ0n) is 21.6. The summed E-state index contributed by atoms with van der Waals surface area (Å²) in [6.07, 6.45) is 6.69. The van der Waals surface area contributed by atoms with Gasteiger partial charge < -0.3 is 25.1 Å². The Morgan fingerprint density at radius 1 is 1.11 bits per heavy atom. The molecule has 0 spiro atoms. The van der Waals surface area contributed by atoms with Crippen LogP contribution >= 0.6 is 11.3 Å². The van der Waals surface area contributed by atoms with Crippen molar-refractivity contribution in [3.8, 4) is 0 Å². The van der Waals surface area contributed by atoms with E-state index in [1.807, 2.05) is 17.5 Å². The molecule has 2 saturated heterocycles. The van der Waals surface area contributed by atoms with Gasteiger partial charge in [-0.05, 0) is 70.2 Å². The Kier molecular flexibility index (Phi) is 9.25. The molecule has 0 aromatic carbocycles. The summed E-state index contributed by atoms with van der Waals surface area (Å²) in [5, 5.41) is 14.5. The first-order valence-electron chi connectivity index (χ1n) is 13.3. The van der Waals surface area contributed by atoms with Crippen molar-refractivity contribution in [1.29, 1.82) is 0 Å². The molecule has 1 aromatic rings. The maximum Gasteiger partial charge on any atom is 0.407 e. The van der Waals surface area contributed by atoms with Crippen molar-refractivity contribution in [3.63, 3.8) is 0 Å². The summed E-state index contributed by atoms with van der Waals surface area (Å²) >= 11 is 1.56. The van der Waals surface area contributed by atoms with Gasteiger partial charge in [-0.2, -0.15) is 0 Å². The minimum atomic E-state index is -1.05. The van der Waals surface area contributed by atoms with Crippen molar-refractivity contribution in [1.82, 2.24) is 24.9 Å². The van der Waals surface area contributed by atoms with Crippen molar-refractivity contribution in [2.45, 2.75) is 69.6 Å². The van der Waals surface area contributed by atoms with Crippen LogP contribution in [0.3, 0.4) is 0 Å². The standard InChI is InChI=1S/C26H41N5O4S/c1-28-12-10-19(11-13-28)23(29(2)20-7-4-3-5-8-20)25(33)31-15-14-30(26(34)35)18-22(31)24(32)27-17-21-9-6-16-36-21/h6,9,16,19-20,22-23H,3-5,7-8,10-15,17-18H2,1-2H3,(H,27,32)(H,34,35)/t22-,23+/m0/s1. The Hall–Kier alpha value is -2.17. The van der Waals surface area contributed by atoms with Gasteiger partial charge in [0.2, 0.25) is 11.8 Å². The second kappa shape index (κ2) is 12.4. The summed E-state index contributed by atoms with van der Waals surface area (Å²) in [7, 11) is 4.22. The van der Waals surface area contributed by atoms with Gasteiger partial charge in [0.15, 0.2) is 0 Å². The van der Waals surface area contributed by atoms with E-state index < -0.39 is 12.1 Å². The van der Waals surface area contributed by atoms with Crippen LogP contribution in [0.4, 0.5) is 4.79 Å². The molecule has 3 amide bonds. The number of carbonyl (C=O) groups excluding carboxylic acids is 2.